The summed E-state index contributed by atoms with van der Waals surface area (Å²) >= 11 is 1.80. The first-order valence-electron chi connectivity index (χ1n) is 11.8. The molecule has 0 saturated carbocycles. The van der Waals surface area contributed by atoms with Gasteiger partial charge in [0, 0.05) is 15.6 Å². The van der Waals surface area contributed by atoms with E-state index in [1.54, 1.807) is 17.7 Å². The molecule has 0 radical (unpaired) electrons. The fourth-order valence-corrected chi connectivity index (χ4v) is 6.16. The molecular formula is C30H29N3S. The summed E-state index contributed by atoms with van der Waals surface area (Å²) < 4.78 is 2.43. The smallest absolute Gasteiger partial charge is 0.116 e. The van der Waals surface area contributed by atoms with Gasteiger partial charge < -0.3 is 0 Å². The second-order valence-electron chi connectivity index (χ2n) is 10.7. The molecule has 34 heavy (non-hydrogen) atoms. The molecule has 0 unspecified atom stereocenters. The second kappa shape index (κ2) is 8.18. The van der Waals surface area contributed by atoms with Crippen molar-refractivity contribution in [3.05, 3.63) is 71.0 Å². The quantitative estimate of drug-likeness (QED) is 0.269. The maximum absolute atomic E-state index is 9.43. The van der Waals surface area contributed by atoms with Crippen molar-refractivity contribution >= 4 is 42.4 Å². The minimum atomic E-state index is 0.237. The van der Waals surface area contributed by atoms with Crippen LogP contribution in [0.15, 0.2) is 48.8 Å². The van der Waals surface area contributed by atoms with Gasteiger partial charge in [0.25, 0.3) is 0 Å². The van der Waals surface area contributed by atoms with E-state index in [0.29, 0.717) is 11.5 Å². The van der Waals surface area contributed by atoms with Crippen molar-refractivity contribution in [3.63, 3.8) is 0 Å². The van der Waals surface area contributed by atoms with E-state index >= 15 is 0 Å². The van der Waals surface area contributed by atoms with E-state index in [4.69, 9.17) is 9.97 Å². The number of rotatable bonds is 3. The predicted molar refractivity (Wildman–Crippen MR) is 145 cm³/mol. The van der Waals surface area contributed by atoms with Gasteiger partial charge in [-0.3, -0.25) is 0 Å². The number of aromatic nitrogens is 2. The monoisotopic (exact) mass is 463 g/mol. The molecule has 0 fully saturated rings. The van der Waals surface area contributed by atoms with Crippen molar-refractivity contribution in [1.29, 1.82) is 5.26 Å². The second-order valence-corrected chi connectivity index (χ2v) is 11.8. The van der Waals surface area contributed by atoms with Crippen molar-refractivity contribution < 1.29 is 0 Å². The van der Waals surface area contributed by atoms with Crippen molar-refractivity contribution in [2.24, 2.45) is 5.41 Å². The van der Waals surface area contributed by atoms with Gasteiger partial charge in [0.2, 0.25) is 0 Å². The van der Waals surface area contributed by atoms with E-state index in [0.717, 1.165) is 33.3 Å². The van der Waals surface area contributed by atoms with Gasteiger partial charge in [0.05, 0.1) is 27.5 Å². The van der Waals surface area contributed by atoms with Gasteiger partial charge in [-0.25, -0.2) is 9.97 Å². The van der Waals surface area contributed by atoms with Crippen LogP contribution in [0.2, 0.25) is 0 Å². The molecule has 2 heterocycles. The summed E-state index contributed by atoms with van der Waals surface area (Å²) in [6, 6.07) is 17.2. The zero-order valence-electron chi connectivity index (χ0n) is 20.7. The number of aryl methyl sites for hydroxylation is 1. The Morgan fingerprint density at radius 3 is 2.44 bits per heavy atom. The molecule has 5 aromatic rings. The summed E-state index contributed by atoms with van der Waals surface area (Å²) in [7, 11) is 0. The number of nitriles is 1. The standard InChI is InChI=1S/C30H29N3S/c1-17(2)25-13-22(12-21-11-19(15-31)7-9-23(21)25)26-29-27(33-16-32-26)24-10-8-20(14-30(4,5)6)18(3)28(24)34-29/h7-13,16-17H,14H2,1-6H3. The SMILES string of the molecule is Cc1c(CC(C)(C)C)ccc2c1sc1c(-c3cc(C(C)C)c4ccc(C#N)cc4c3)ncnc12. The van der Waals surface area contributed by atoms with E-state index in [-0.39, 0.29) is 5.41 Å². The van der Waals surface area contributed by atoms with E-state index in [2.05, 4.69) is 77.9 Å². The molecule has 5 rings (SSSR count). The van der Waals surface area contributed by atoms with E-state index in [9.17, 15) is 5.26 Å². The third-order valence-corrected chi connectivity index (χ3v) is 7.83. The molecule has 0 atom stereocenters. The van der Waals surface area contributed by atoms with Crippen LogP contribution in [0.4, 0.5) is 0 Å². The number of fused-ring (bicyclic) bond motifs is 4. The first-order chi connectivity index (χ1) is 16.2. The Morgan fingerprint density at radius 2 is 1.74 bits per heavy atom. The van der Waals surface area contributed by atoms with Crippen LogP contribution in [-0.2, 0) is 6.42 Å². The van der Waals surface area contributed by atoms with Crippen LogP contribution in [0.3, 0.4) is 0 Å². The molecule has 0 N–H and O–H groups in total. The minimum Gasteiger partial charge on any atom is -0.235 e. The molecule has 0 amide bonds. The fourth-order valence-electron chi connectivity index (χ4n) is 4.87. The van der Waals surface area contributed by atoms with Gasteiger partial charge in [-0.15, -0.1) is 11.3 Å². The zero-order valence-corrected chi connectivity index (χ0v) is 21.5. The predicted octanol–water partition coefficient (Wildman–Crippen LogP) is 8.56. The molecule has 0 saturated heterocycles. The van der Waals surface area contributed by atoms with Gasteiger partial charge in [-0.1, -0.05) is 52.8 Å². The van der Waals surface area contributed by atoms with E-state index in [1.165, 1.54) is 32.2 Å². The Morgan fingerprint density at radius 1 is 0.971 bits per heavy atom. The summed E-state index contributed by atoms with van der Waals surface area (Å²) in [6.45, 7) is 13.5. The zero-order chi connectivity index (χ0) is 24.2. The van der Waals surface area contributed by atoms with Crippen molar-refractivity contribution in [2.45, 2.75) is 53.9 Å². The van der Waals surface area contributed by atoms with Crippen molar-refractivity contribution in [3.8, 4) is 17.3 Å². The summed E-state index contributed by atoms with van der Waals surface area (Å²) in [5, 5.41) is 12.9. The molecule has 0 aliphatic heterocycles. The number of benzene rings is 3. The Bertz CT molecular complexity index is 1610. The first-order valence-corrected chi connectivity index (χ1v) is 12.6. The Hall–Kier alpha value is -3.29. The summed E-state index contributed by atoms with van der Waals surface area (Å²) in [4.78, 5) is 9.47. The molecule has 170 valence electrons. The molecule has 0 aliphatic rings. The molecule has 0 spiro atoms. The lowest BCUT2D eigenvalue weighted by molar-refractivity contribution is 0.410. The molecule has 3 nitrogen and oxygen atoms in total. The molecule has 4 heteroatoms. The van der Waals surface area contributed by atoms with E-state index in [1.807, 2.05) is 12.1 Å². The third kappa shape index (κ3) is 3.85. The lowest BCUT2D eigenvalue weighted by Gasteiger charge is -2.19. The van der Waals surface area contributed by atoms with Gasteiger partial charge in [0.15, 0.2) is 0 Å². The van der Waals surface area contributed by atoms with Crippen LogP contribution < -0.4 is 0 Å². The van der Waals surface area contributed by atoms with Crippen LogP contribution in [0.25, 0.3) is 42.3 Å². The van der Waals surface area contributed by atoms with Gasteiger partial charge >= 0.3 is 0 Å². The van der Waals surface area contributed by atoms with Crippen molar-refractivity contribution in [2.75, 3.05) is 0 Å². The highest BCUT2D eigenvalue weighted by molar-refractivity contribution is 7.26. The summed E-state index contributed by atoms with van der Waals surface area (Å²) in [5.41, 5.74) is 8.00. The molecule has 0 bridgehead atoms. The average Bonchev–Trinajstić information content (AvgIpc) is 3.18. The number of nitrogens with zero attached hydrogens (tertiary/aromatic N) is 3. The van der Waals surface area contributed by atoms with Gasteiger partial charge in [0.1, 0.15) is 6.33 Å². The normalized spacial score (nSPS) is 12.2. The first kappa shape index (κ1) is 22.5. The molecule has 3 aromatic carbocycles. The Kier molecular flexibility index (Phi) is 5.41. The van der Waals surface area contributed by atoms with Crippen LogP contribution >= 0.6 is 11.3 Å². The molecule has 2 aromatic heterocycles. The lowest BCUT2D eigenvalue weighted by atomic mass is 9.86. The minimum absolute atomic E-state index is 0.237. The van der Waals surface area contributed by atoms with Crippen LogP contribution in [-0.4, -0.2) is 9.97 Å². The maximum atomic E-state index is 9.43. The van der Waals surface area contributed by atoms with Crippen LogP contribution in [0.5, 0.6) is 0 Å². The third-order valence-electron chi connectivity index (χ3n) is 6.51. The maximum Gasteiger partial charge on any atom is 0.116 e. The fraction of sp³-hybridized carbons (Fsp3) is 0.300. The number of hydrogen-bond acceptors (Lipinski definition) is 4. The highest BCUT2D eigenvalue weighted by Crippen LogP contribution is 2.42. The van der Waals surface area contributed by atoms with Crippen LogP contribution in [0.1, 0.15) is 62.8 Å². The van der Waals surface area contributed by atoms with Gasteiger partial charge in [-0.05, 0) is 76.4 Å². The van der Waals surface area contributed by atoms with Crippen molar-refractivity contribution in [1.82, 2.24) is 9.97 Å². The largest absolute Gasteiger partial charge is 0.235 e. The molecular weight excluding hydrogens is 434 g/mol. The van der Waals surface area contributed by atoms with Crippen LogP contribution in [0, 0.1) is 23.7 Å². The number of thiophene rings is 1. The number of hydrogen-bond donors (Lipinski definition) is 0. The van der Waals surface area contributed by atoms with Gasteiger partial charge in [-0.2, -0.15) is 5.26 Å². The topological polar surface area (TPSA) is 49.6 Å². The summed E-state index contributed by atoms with van der Waals surface area (Å²) in [5.74, 6) is 0.359. The molecule has 0 aliphatic carbocycles. The Balaban J connectivity index is 1.77. The highest BCUT2D eigenvalue weighted by Gasteiger charge is 2.19. The average molecular weight is 464 g/mol. The summed E-state index contributed by atoms with van der Waals surface area (Å²) in [6.07, 6.45) is 2.73. The highest BCUT2D eigenvalue weighted by atomic mass is 32.1. The lowest BCUT2D eigenvalue weighted by Crippen LogP contribution is -2.10. The Labute approximate surface area is 205 Å². The van der Waals surface area contributed by atoms with E-state index < -0.39 is 0 Å².